The summed E-state index contributed by atoms with van der Waals surface area (Å²) in [7, 11) is 0. The van der Waals surface area contributed by atoms with Crippen LogP contribution < -0.4 is 4.90 Å². The quantitative estimate of drug-likeness (QED) is 0.150. The summed E-state index contributed by atoms with van der Waals surface area (Å²) in [6, 6.07) is 87.8. The van der Waals surface area contributed by atoms with Crippen LogP contribution in [0.4, 0.5) is 17.1 Å². The summed E-state index contributed by atoms with van der Waals surface area (Å²) in [5.41, 5.74) is 16.4. The van der Waals surface area contributed by atoms with E-state index in [1.165, 1.54) is 77.1 Å². The van der Waals surface area contributed by atoms with Crippen LogP contribution in [0.1, 0.15) is 0 Å². The van der Waals surface area contributed by atoms with Gasteiger partial charge in [0.05, 0.1) is 11.0 Å². The van der Waals surface area contributed by atoms with E-state index in [0.717, 1.165) is 22.7 Å². The number of hydrogen-bond acceptors (Lipinski definition) is 1. The Balaban J connectivity index is 1.04. The van der Waals surface area contributed by atoms with Gasteiger partial charge in [0.2, 0.25) is 0 Å². The smallest absolute Gasteiger partial charge is 0.0547 e. The molecule has 2 heteroatoms. The first-order valence-electron chi connectivity index (χ1n) is 20.6. The lowest BCUT2D eigenvalue weighted by atomic mass is 9.94. The number of nitrogens with zero attached hydrogens (tertiary/aromatic N) is 2. The Morgan fingerprint density at radius 3 is 1.57 bits per heavy atom. The largest absolute Gasteiger partial charge is 0.310 e. The molecule has 60 heavy (non-hydrogen) atoms. The van der Waals surface area contributed by atoms with Gasteiger partial charge >= 0.3 is 0 Å². The Morgan fingerprint density at radius 1 is 0.283 bits per heavy atom. The molecule has 0 atom stereocenters. The van der Waals surface area contributed by atoms with Crippen LogP contribution in [0.3, 0.4) is 0 Å². The van der Waals surface area contributed by atoms with E-state index in [1.807, 2.05) is 0 Å². The van der Waals surface area contributed by atoms with Crippen LogP contribution in [-0.2, 0) is 0 Å². The van der Waals surface area contributed by atoms with Crippen molar-refractivity contribution in [2.75, 3.05) is 4.90 Å². The maximum absolute atomic E-state index is 2.39. The predicted octanol–water partition coefficient (Wildman–Crippen LogP) is 16.1. The van der Waals surface area contributed by atoms with Crippen LogP contribution in [0.5, 0.6) is 0 Å². The van der Waals surface area contributed by atoms with Gasteiger partial charge in [-0.1, -0.05) is 176 Å². The molecule has 282 valence electrons. The predicted molar refractivity (Wildman–Crippen MR) is 255 cm³/mol. The average molecular weight is 765 g/mol. The Morgan fingerprint density at radius 2 is 0.817 bits per heavy atom. The molecule has 0 aliphatic carbocycles. The van der Waals surface area contributed by atoms with E-state index in [0.29, 0.717) is 0 Å². The fourth-order valence-electron chi connectivity index (χ4n) is 8.94. The number of para-hydroxylation sites is 2. The summed E-state index contributed by atoms with van der Waals surface area (Å²) in [5.74, 6) is 0. The fraction of sp³-hybridized carbons (Fsp3) is 0. The second-order valence-electron chi connectivity index (χ2n) is 15.3. The van der Waals surface area contributed by atoms with Crippen molar-refractivity contribution in [3.05, 3.63) is 243 Å². The summed E-state index contributed by atoms with van der Waals surface area (Å²) in [6.45, 7) is 0. The standard InChI is InChI=1S/C58H40N2/c1-3-16-43(17-4-1)52-23-9-10-24-53(52)44-33-37-50(38-34-44)59(49-35-31-42(32-36-49)46-30-29-41-15-7-8-18-45(41)39-46)51-22-13-19-47(40-51)54-26-14-28-57-58(54)55-25-11-12-27-56(55)60(57)48-20-5-2-6-21-48/h1-40H. The molecule has 0 unspecified atom stereocenters. The van der Waals surface area contributed by atoms with Crippen LogP contribution in [0, 0.1) is 0 Å². The summed E-state index contributed by atoms with van der Waals surface area (Å²) in [5, 5.41) is 4.99. The third-order valence-electron chi connectivity index (χ3n) is 11.8. The van der Waals surface area contributed by atoms with E-state index in [2.05, 4.69) is 252 Å². The van der Waals surface area contributed by atoms with Crippen molar-refractivity contribution in [1.29, 1.82) is 0 Å². The first-order chi connectivity index (χ1) is 29.8. The Labute approximate surface area is 350 Å². The molecule has 11 aromatic rings. The molecule has 2 nitrogen and oxygen atoms in total. The highest BCUT2D eigenvalue weighted by atomic mass is 15.1. The highest BCUT2D eigenvalue weighted by Crippen LogP contribution is 2.43. The van der Waals surface area contributed by atoms with Crippen molar-refractivity contribution in [2.24, 2.45) is 0 Å². The van der Waals surface area contributed by atoms with Gasteiger partial charge in [-0.25, -0.2) is 0 Å². The summed E-state index contributed by atoms with van der Waals surface area (Å²) in [4.78, 5) is 2.38. The molecular weight excluding hydrogens is 725 g/mol. The second kappa shape index (κ2) is 15.1. The van der Waals surface area contributed by atoms with Crippen molar-refractivity contribution in [3.8, 4) is 50.2 Å². The lowest BCUT2D eigenvalue weighted by Gasteiger charge is -2.26. The zero-order valence-electron chi connectivity index (χ0n) is 33.0. The molecule has 0 aliphatic rings. The maximum Gasteiger partial charge on any atom is 0.0547 e. The molecule has 0 saturated heterocycles. The van der Waals surface area contributed by atoms with Gasteiger partial charge in [0, 0.05) is 33.5 Å². The van der Waals surface area contributed by atoms with Crippen LogP contribution in [0.15, 0.2) is 243 Å². The lowest BCUT2D eigenvalue weighted by Crippen LogP contribution is -2.10. The van der Waals surface area contributed by atoms with Crippen molar-refractivity contribution < 1.29 is 0 Å². The summed E-state index contributed by atoms with van der Waals surface area (Å²) < 4.78 is 2.39. The molecule has 0 spiro atoms. The molecule has 1 aromatic heterocycles. The van der Waals surface area contributed by atoms with Crippen molar-refractivity contribution >= 4 is 49.6 Å². The Hall–Kier alpha value is -7.94. The molecule has 0 aliphatic heterocycles. The van der Waals surface area contributed by atoms with Crippen LogP contribution in [0.2, 0.25) is 0 Å². The number of hydrogen-bond donors (Lipinski definition) is 0. The van der Waals surface area contributed by atoms with Crippen LogP contribution in [-0.4, -0.2) is 4.57 Å². The molecule has 0 amide bonds. The molecule has 0 N–H and O–H groups in total. The molecular formula is C58H40N2. The highest BCUT2D eigenvalue weighted by Gasteiger charge is 2.19. The van der Waals surface area contributed by atoms with Crippen molar-refractivity contribution in [3.63, 3.8) is 0 Å². The zero-order chi connectivity index (χ0) is 39.8. The van der Waals surface area contributed by atoms with E-state index in [4.69, 9.17) is 0 Å². The van der Waals surface area contributed by atoms with Crippen molar-refractivity contribution in [1.82, 2.24) is 4.57 Å². The highest BCUT2D eigenvalue weighted by molar-refractivity contribution is 6.16. The second-order valence-corrected chi connectivity index (χ2v) is 15.3. The normalized spacial score (nSPS) is 11.3. The summed E-state index contributed by atoms with van der Waals surface area (Å²) in [6.07, 6.45) is 0. The van der Waals surface area contributed by atoms with E-state index in [1.54, 1.807) is 0 Å². The summed E-state index contributed by atoms with van der Waals surface area (Å²) >= 11 is 0. The van der Waals surface area contributed by atoms with Gasteiger partial charge in [0.15, 0.2) is 0 Å². The van der Waals surface area contributed by atoms with Gasteiger partial charge in [-0.2, -0.15) is 0 Å². The third kappa shape index (κ3) is 6.32. The third-order valence-corrected chi connectivity index (χ3v) is 11.8. The van der Waals surface area contributed by atoms with Gasteiger partial charge in [0.25, 0.3) is 0 Å². The van der Waals surface area contributed by atoms with E-state index < -0.39 is 0 Å². The van der Waals surface area contributed by atoms with E-state index in [9.17, 15) is 0 Å². The monoisotopic (exact) mass is 764 g/mol. The molecule has 1 heterocycles. The lowest BCUT2D eigenvalue weighted by molar-refractivity contribution is 1.18. The average Bonchev–Trinajstić information content (AvgIpc) is 3.67. The minimum Gasteiger partial charge on any atom is -0.310 e. The molecule has 0 fully saturated rings. The topological polar surface area (TPSA) is 8.17 Å². The molecule has 0 bridgehead atoms. The molecule has 0 radical (unpaired) electrons. The first kappa shape index (κ1) is 35.2. The minimum absolute atomic E-state index is 1.09. The number of rotatable bonds is 8. The number of anilines is 3. The molecule has 0 saturated carbocycles. The van der Waals surface area contributed by atoms with Crippen LogP contribution >= 0.6 is 0 Å². The van der Waals surface area contributed by atoms with E-state index in [-0.39, 0.29) is 0 Å². The minimum atomic E-state index is 1.09. The molecule has 11 rings (SSSR count). The first-order valence-corrected chi connectivity index (χ1v) is 20.6. The van der Waals surface area contributed by atoms with Gasteiger partial charge in [-0.15, -0.1) is 0 Å². The van der Waals surface area contributed by atoms with Crippen molar-refractivity contribution in [2.45, 2.75) is 0 Å². The Kier molecular flexibility index (Phi) is 8.87. The van der Waals surface area contributed by atoms with Gasteiger partial charge in [-0.05, 0) is 122 Å². The van der Waals surface area contributed by atoms with E-state index >= 15 is 0 Å². The van der Waals surface area contributed by atoms with Gasteiger partial charge in [-0.3, -0.25) is 0 Å². The van der Waals surface area contributed by atoms with Crippen LogP contribution in [0.25, 0.3) is 82.8 Å². The Bertz CT molecular complexity index is 3290. The fourth-order valence-corrected chi connectivity index (χ4v) is 8.94. The number of aromatic nitrogens is 1. The molecule has 10 aromatic carbocycles. The van der Waals surface area contributed by atoms with Gasteiger partial charge in [0.1, 0.15) is 0 Å². The maximum atomic E-state index is 2.39. The number of benzene rings is 10. The zero-order valence-corrected chi connectivity index (χ0v) is 33.0. The SMILES string of the molecule is c1ccc(-c2ccccc2-c2ccc(N(c3ccc(-c4ccc5ccccc5c4)cc3)c3cccc(-c4cccc5c4c4ccccc4n5-c4ccccc4)c3)cc2)cc1. The van der Waals surface area contributed by atoms with Gasteiger partial charge < -0.3 is 9.47 Å². The number of fused-ring (bicyclic) bond motifs is 4.